The summed E-state index contributed by atoms with van der Waals surface area (Å²) in [6, 6.07) is 4.14. The van der Waals surface area contributed by atoms with Gasteiger partial charge in [-0.05, 0) is 31.4 Å². The first-order chi connectivity index (χ1) is 15.1. The van der Waals surface area contributed by atoms with Gasteiger partial charge in [0, 0.05) is 25.4 Å². The van der Waals surface area contributed by atoms with Gasteiger partial charge in [-0.25, -0.2) is 8.42 Å². The molecular formula is C20H25F3N4O3S2. The number of amides is 1. The highest BCUT2D eigenvalue weighted by Crippen LogP contribution is 2.36. The minimum Gasteiger partial charge on any atom is -0.300 e. The number of hydrogen-bond donors (Lipinski definition) is 1. The van der Waals surface area contributed by atoms with E-state index < -0.39 is 32.6 Å². The normalized spacial score (nSPS) is 16.2. The summed E-state index contributed by atoms with van der Waals surface area (Å²) in [7, 11) is -4.33. The van der Waals surface area contributed by atoms with Crippen molar-refractivity contribution in [2.75, 3.05) is 18.4 Å². The maximum absolute atomic E-state index is 13.3. The number of nitrogens with one attached hydrogen (secondary N) is 1. The molecule has 0 atom stereocenters. The lowest BCUT2D eigenvalue weighted by Gasteiger charge is -2.31. The second kappa shape index (κ2) is 10.3. The van der Waals surface area contributed by atoms with Crippen molar-refractivity contribution < 1.29 is 26.4 Å². The van der Waals surface area contributed by atoms with Crippen molar-refractivity contribution in [3.05, 3.63) is 34.8 Å². The summed E-state index contributed by atoms with van der Waals surface area (Å²) in [6.07, 6.45) is -0.364. The molecule has 0 spiro atoms. The number of nitrogens with zero attached hydrogens (tertiary/aromatic N) is 3. The number of benzene rings is 1. The SMILES string of the molecule is CCCCCc1nnc(NC(=O)C2CCN(S(=O)(=O)c3ccccc3C(F)(F)F)CC2)s1. The predicted octanol–water partition coefficient (Wildman–Crippen LogP) is 4.33. The fraction of sp³-hybridized carbons (Fsp3) is 0.550. The van der Waals surface area contributed by atoms with Crippen molar-refractivity contribution in [3.63, 3.8) is 0 Å². The van der Waals surface area contributed by atoms with Gasteiger partial charge in [0.05, 0.1) is 10.5 Å². The van der Waals surface area contributed by atoms with Crippen LogP contribution in [0.5, 0.6) is 0 Å². The first-order valence-corrected chi connectivity index (χ1v) is 12.7. The van der Waals surface area contributed by atoms with Crippen molar-refractivity contribution >= 4 is 32.4 Å². The van der Waals surface area contributed by atoms with Gasteiger partial charge in [-0.2, -0.15) is 17.5 Å². The number of alkyl halides is 3. The molecule has 1 aliphatic heterocycles. The van der Waals surface area contributed by atoms with E-state index in [0.29, 0.717) is 5.13 Å². The lowest BCUT2D eigenvalue weighted by atomic mass is 9.97. The van der Waals surface area contributed by atoms with Crippen LogP contribution in [0.25, 0.3) is 0 Å². The van der Waals surface area contributed by atoms with E-state index in [-0.39, 0.29) is 31.8 Å². The molecule has 2 heterocycles. The maximum Gasteiger partial charge on any atom is 0.417 e. The van der Waals surface area contributed by atoms with Gasteiger partial charge < -0.3 is 5.32 Å². The molecule has 1 aromatic carbocycles. The van der Waals surface area contributed by atoms with Crippen LogP contribution in [0.4, 0.5) is 18.3 Å². The van der Waals surface area contributed by atoms with E-state index in [4.69, 9.17) is 0 Å². The average molecular weight is 491 g/mol. The molecule has 12 heteroatoms. The Balaban J connectivity index is 1.60. The van der Waals surface area contributed by atoms with Crippen LogP contribution >= 0.6 is 11.3 Å². The molecule has 1 aromatic heterocycles. The lowest BCUT2D eigenvalue weighted by molar-refractivity contribution is -0.139. The highest BCUT2D eigenvalue weighted by molar-refractivity contribution is 7.89. The van der Waals surface area contributed by atoms with Gasteiger partial charge in [-0.15, -0.1) is 10.2 Å². The van der Waals surface area contributed by atoms with E-state index >= 15 is 0 Å². The standard InChI is InChI=1S/C20H25F3N4O3S2/c1-2-3-4-9-17-25-26-19(31-17)24-18(28)14-10-12-27(13-11-14)32(29,30)16-8-6-5-7-15(16)20(21,22)23/h5-8,14H,2-4,9-13H2,1H3,(H,24,26,28). The van der Waals surface area contributed by atoms with Crippen molar-refractivity contribution in [2.24, 2.45) is 5.92 Å². The number of hydrogen-bond acceptors (Lipinski definition) is 6. The molecule has 32 heavy (non-hydrogen) atoms. The molecule has 0 aliphatic carbocycles. The molecule has 1 aliphatic rings. The Hall–Kier alpha value is -2.05. The lowest BCUT2D eigenvalue weighted by Crippen LogP contribution is -2.41. The number of carbonyl (C=O) groups is 1. The van der Waals surface area contributed by atoms with E-state index in [1.807, 2.05) is 0 Å². The molecule has 1 N–H and O–H groups in total. The third-order valence-corrected chi connectivity index (χ3v) is 8.18. The molecule has 176 valence electrons. The second-order valence-electron chi connectivity index (χ2n) is 7.62. The number of rotatable bonds is 8. The summed E-state index contributed by atoms with van der Waals surface area (Å²) in [5, 5.41) is 12.0. The number of halogens is 3. The Kier molecular flexibility index (Phi) is 7.88. The third-order valence-electron chi connectivity index (χ3n) is 5.33. The van der Waals surface area contributed by atoms with E-state index in [0.717, 1.165) is 53.2 Å². The Bertz CT molecular complexity index is 1030. The van der Waals surface area contributed by atoms with Crippen molar-refractivity contribution in [1.29, 1.82) is 0 Å². The molecule has 7 nitrogen and oxygen atoms in total. The van der Waals surface area contributed by atoms with Crippen LogP contribution in [0.3, 0.4) is 0 Å². The molecule has 0 saturated carbocycles. The fourth-order valence-corrected chi connectivity index (χ4v) is 6.03. The Morgan fingerprint density at radius 3 is 2.53 bits per heavy atom. The number of unbranched alkanes of at least 4 members (excludes halogenated alkanes) is 2. The molecule has 0 bridgehead atoms. The zero-order chi connectivity index (χ0) is 23.4. The number of anilines is 1. The smallest absolute Gasteiger partial charge is 0.300 e. The topological polar surface area (TPSA) is 92.3 Å². The molecular weight excluding hydrogens is 465 g/mol. The Labute approximate surface area is 189 Å². The fourth-order valence-electron chi connectivity index (χ4n) is 3.56. The molecule has 0 radical (unpaired) electrons. The highest BCUT2D eigenvalue weighted by Gasteiger charge is 2.40. The van der Waals surface area contributed by atoms with Crippen LogP contribution in [0.2, 0.25) is 0 Å². The number of sulfonamides is 1. The van der Waals surface area contributed by atoms with E-state index in [1.54, 1.807) is 0 Å². The molecule has 0 unspecified atom stereocenters. The van der Waals surface area contributed by atoms with Crippen LogP contribution in [-0.2, 0) is 27.4 Å². The first-order valence-electron chi connectivity index (χ1n) is 10.4. The second-order valence-corrected chi connectivity index (χ2v) is 10.6. The van der Waals surface area contributed by atoms with Gasteiger partial charge in [0.15, 0.2) is 0 Å². The number of piperidine rings is 1. The van der Waals surface area contributed by atoms with Gasteiger partial charge in [-0.3, -0.25) is 4.79 Å². The van der Waals surface area contributed by atoms with E-state index in [2.05, 4.69) is 22.4 Å². The van der Waals surface area contributed by atoms with E-state index in [1.165, 1.54) is 17.4 Å². The molecule has 1 amide bonds. The highest BCUT2D eigenvalue weighted by atomic mass is 32.2. The van der Waals surface area contributed by atoms with Crippen LogP contribution in [0, 0.1) is 5.92 Å². The molecule has 1 saturated heterocycles. The minimum absolute atomic E-state index is 0.0367. The number of aryl methyl sites for hydroxylation is 1. The average Bonchev–Trinajstić information content (AvgIpc) is 3.20. The van der Waals surface area contributed by atoms with Crippen LogP contribution < -0.4 is 5.32 Å². The van der Waals surface area contributed by atoms with Gasteiger partial charge in [-0.1, -0.05) is 43.2 Å². The summed E-state index contributed by atoms with van der Waals surface area (Å²) in [5.41, 5.74) is -1.19. The zero-order valence-electron chi connectivity index (χ0n) is 17.6. The van der Waals surface area contributed by atoms with E-state index in [9.17, 15) is 26.4 Å². The van der Waals surface area contributed by atoms with Crippen LogP contribution in [0.1, 0.15) is 49.6 Å². The Morgan fingerprint density at radius 1 is 1.19 bits per heavy atom. The van der Waals surface area contributed by atoms with Crippen LogP contribution in [-0.4, -0.2) is 41.9 Å². The predicted molar refractivity (Wildman–Crippen MR) is 115 cm³/mol. The largest absolute Gasteiger partial charge is 0.417 e. The molecule has 2 aromatic rings. The minimum atomic E-state index is -4.78. The van der Waals surface area contributed by atoms with Gasteiger partial charge in [0.2, 0.25) is 21.1 Å². The summed E-state index contributed by atoms with van der Waals surface area (Å²) >= 11 is 1.31. The third kappa shape index (κ3) is 5.84. The molecule has 3 rings (SSSR count). The number of carbonyl (C=O) groups excluding carboxylic acids is 1. The summed E-state index contributed by atoms with van der Waals surface area (Å²) in [4.78, 5) is 11.8. The Morgan fingerprint density at radius 2 is 1.88 bits per heavy atom. The van der Waals surface area contributed by atoms with Crippen LogP contribution in [0.15, 0.2) is 29.2 Å². The molecule has 1 fully saturated rings. The van der Waals surface area contributed by atoms with Gasteiger partial charge in [0.1, 0.15) is 5.01 Å². The summed E-state index contributed by atoms with van der Waals surface area (Å²) < 4.78 is 66.5. The first kappa shape index (κ1) is 24.6. The maximum atomic E-state index is 13.3. The quantitative estimate of drug-likeness (QED) is 0.556. The summed E-state index contributed by atoms with van der Waals surface area (Å²) in [6.45, 7) is 2.04. The zero-order valence-corrected chi connectivity index (χ0v) is 19.2. The van der Waals surface area contributed by atoms with Crippen molar-refractivity contribution in [1.82, 2.24) is 14.5 Å². The van der Waals surface area contributed by atoms with Crippen molar-refractivity contribution in [2.45, 2.75) is 56.5 Å². The summed E-state index contributed by atoms with van der Waals surface area (Å²) in [5.74, 6) is -0.735. The van der Waals surface area contributed by atoms with Crippen molar-refractivity contribution in [3.8, 4) is 0 Å². The monoisotopic (exact) mass is 490 g/mol. The van der Waals surface area contributed by atoms with Gasteiger partial charge in [0.25, 0.3) is 0 Å². The number of aromatic nitrogens is 2. The van der Waals surface area contributed by atoms with Gasteiger partial charge >= 0.3 is 6.18 Å².